The van der Waals surface area contributed by atoms with Gasteiger partial charge in [-0.15, -0.1) is 0 Å². The van der Waals surface area contributed by atoms with Crippen LogP contribution in [0.4, 0.5) is 18.9 Å². The summed E-state index contributed by atoms with van der Waals surface area (Å²) in [5, 5.41) is 2.72. The molecule has 0 aliphatic rings. The van der Waals surface area contributed by atoms with Crippen LogP contribution in [-0.4, -0.2) is 7.11 Å². The summed E-state index contributed by atoms with van der Waals surface area (Å²) in [6.45, 7) is 0.236. The van der Waals surface area contributed by atoms with Gasteiger partial charge in [-0.2, -0.15) is 0 Å². The van der Waals surface area contributed by atoms with Crippen LogP contribution in [0.2, 0.25) is 0 Å². The summed E-state index contributed by atoms with van der Waals surface area (Å²) in [5.41, 5.74) is 0.701. The highest BCUT2D eigenvalue weighted by molar-refractivity contribution is 9.10. The Kier molecular flexibility index (Phi) is 4.54. The van der Waals surface area contributed by atoms with Crippen molar-refractivity contribution < 1.29 is 17.9 Å². The Morgan fingerprint density at radius 2 is 1.85 bits per heavy atom. The Morgan fingerprint density at radius 1 is 1.10 bits per heavy atom. The first kappa shape index (κ1) is 14.7. The van der Waals surface area contributed by atoms with Gasteiger partial charge < -0.3 is 10.1 Å². The summed E-state index contributed by atoms with van der Waals surface area (Å²) >= 11 is 3.35. The molecule has 0 saturated heterocycles. The lowest BCUT2D eigenvalue weighted by Crippen LogP contribution is -2.04. The van der Waals surface area contributed by atoms with Crippen LogP contribution in [0.15, 0.2) is 34.8 Å². The van der Waals surface area contributed by atoms with Crippen LogP contribution >= 0.6 is 15.9 Å². The van der Waals surface area contributed by atoms with Gasteiger partial charge in [0.05, 0.1) is 12.8 Å². The van der Waals surface area contributed by atoms with Crippen molar-refractivity contribution in [1.29, 1.82) is 0 Å². The number of ether oxygens (including phenoxy) is 1. The molecule has 0 aliphatic carbocycles. The Labute approximate surface area is 122 Å². The van der Waals surface area contributed by atoms with Crippen molar-refractivity contribution in [1.82, 2.24) is 0 Å². The van der Waals surface area contributed by atoms with Crippen LogP contribution in [0.1, 0.15) is 5.56 Å². The minimum atomic E-state index is -1.49. The van der Waals surface area contributed by atoms with E-state index in [9.17, 15) is 13.2 Å². The molecule has 0 unspecified atom stereocenters. The van der Waals surface area contributed by atoms with Crippen molar-refractivity contribution in [3.05, 3.63) is 57.8 Å². The highest BCUT2D eigenvalue weighted by Gasteiger charge is 2.13. The molecule has 0 aliphatic heterocycles. The molecule has 2 nitrogen and oxygen atoms in total. The molecule has 106 valence electrons. The zero-order valence-corrected chi connectivity index (χ0v) is 12.1. The van der Waals surface area contributed by atoms with E-state index in [1.165, 1.54) is 7.11 Å². The number of hydrogen-bond donors (Lipinski definition) is 1. The van der Waals surface area contributed by atoms with Crippen LogP contribution in [0.3, 0.4) is 0 Å². The van der Waals surface area contributed by atoms with Crippen molar-refractivity contribution in [2.45, 2.75) is 6.54 Å². The molecule has 6 heteroatoms. The number of halogens is 4. The summed E-state index contributed by atoms with van der Waals surface area (Å²) in [5.74, 6) is -3.28. The molecule has 0 bridgehead atoms. The minimum Gasteiger partial charge on any atom is -0.497 e. The third-order valence-corrected chi connectivity index (χ3v) is 3.53. The van der Waals surface area contributed by atoms with Crippen LogP contribution < -0.4 is 10.1 Å². The fraction of sp³-hybridized carbons (Fsp3) is 0.143. The zero-order valence-electron chi connectivity index (χ0n) is 10.5. The summed E-state index contributed by atoms with van der Waals surface area (Å²) in [4.78, 5) is 0. The first-order valence-corrected chi connectivity index (χ1v) is 6.52. The number of anilines is 1. The lowest BCUT2D eigenvalue weighted by Gasteiger charge is -2.11. The van der Waals surface area contributed by atoms with E-state index in [0.717, 1.165) is 22.2 Å². The molecular weight excluding hydrogens is 335 g/mol. The largest absolute Gasteiger partial charge is 0.497 e. The summed E-state index contributed by atoms with van der Waals surface area (Å²) in [7, 11) is 1.54. The number of rotatable bonds is 4. The molecule has 2 rings (SSSR count). The van der Waals surface area contributed by atoms with E-state index in [-0.39, 0.29) is 12.2 Å². The van der Waals surface area contributed by atoms with Gasteiger partial charge in [0, 0.05) is 11.0 Å². The lowest BCUT2D eigenvalue weighted by atomic mass is 10.2. The zero-order chi connectivity index (χ0) is 14.7. The maximum Gasteiger partial charge on any atom is 0.196 e. The molecule has 2 aromatic carbocycles. The van der Waals surface area contributed by atoms with Gasteiger partial charge in [-0.05, 0) is 35.9 Å². The van der Waals surface area contributed by atoms with Crippen molar-refractivity contribution in [3.8, 4) is 5.75 Å². The topological polar surface area (TPSA) is 21.3 Å². The predicted molar refractivity (Wildman–Crippen MR) is 74.3 cm³/mol. The summed E-state index contributed by atoms with van der Waals surface area (Å²) in [6.07, 6.45) is 0. The van der Waals surface area contributed by atoms with Gasteiger partial charge in [-0.3, -0.25) is 0 Å². The Bertz CT molecular complexity index is 634. The highest BCUT2D eigenvalue weighted by atomic mass is 79.9. The van der Waals surface area contributed by atoms with Crippen molar-refractivity contribution in [3.63, 3.8) is 0 Å². The third kappa shape index (κ3) is 3.07. The molecule has 0 saturated carbocycles. The molecule has 2 aromatic rings. The monoisotopic (exact) mass is 345 g/mol. The van der Waals surface area contributed by atoms with Crippen molar-refractivity contribution >= 4 is 21.6 Å². The maximum absolute atomic E-state index is 13.5. The van der Waals surface area contributed by atoms with E-state index < -0.39 is 17.5 Å². The van der Waals surface area contributed by atoms with Crippen molar-refractivity contribution in [2.75, 3.05) is 12.4 Å². The summed E-state index contributed by atoms with van der Waals surface area (Å²) < 4.78 is 45.3. The molecule has 0 radical (unpaired) electrons. The second-order valence-electron chi connectivity index (χ2n) is 4.03. The van der Waals surface area contributed by atoms with E-state index >= 15 is 0 Å². The van der Waals surface area contributed by atoms with Crippen LogP contribution in [0.25, 0.3) is 0 Å². The molecule has 0 atom stereocenters. The lowest BCUT2D eigenvalue weighted by molar-refractivity contribution is 0.414. The molecule has 0 amide bonds. The molecule has 0 heterocycles. The number of nitrogens with one attached hydrogen (secondary N) is 1. The molecule has 0 aromatic heterocycles. The second kappa shape index (κ2) is 6.17. The smallest absolute Gasteiger partial charge is 0.196 e. The third-order valence-electron chi connectivity index (χ3n) is 2.76. The van der Waals surface area contributed by atoms with Crippen LogP contribution in [0.5, 0.6) is 5.75 Å². The van der Waals surface area contributed by atoms with E-state index in [0.29, 0.717) is 5.75 Å². The number of hydrogen-bond acceptors (Lipinski definition) is 2. The average molecular weight is 346 g/mol. The first-order chi connectivity index (χ1) is 9.52. The molecule has 20 heavy (non-hydrogen) atoms. The van der Waals surface area contributed by atoms with Gasteiger partial charge in [0.25, 0.3) is 0 Å². The average Bonchev–Trinajstić information content (AvgIpc) is 2.45. The number of methoxy groups -OCH3 is 1. The van der Waals surface area contributed by atoms with E-state index in [1.54, 1.807) is 18.2 Å². The van der Waals surface area contributed by atoms with E-state index in [1.807, 2.05) is 0 Å². The molecule has 1 N–H and O–H groups in total. The fourth-order valence-electron chi connectivity index (χ4n) is 1.67. The Morgan fingerprint density at radius 3 is 2.55 bits per heavy atom. The molecule has 0 fully saturated rings. The summed E-state index contributed by atoms with van der Waals surface area (Å²) in [6, 6.07) is 7.35. The predicted octanol–water partition coefficient (Wildman–Crippen LogP) is 4.49. The highest BCUT2D eigenvalue weighted by Crippen LogP contribution is 2.25. The van der Waals surface area contributed by atoms with E-state index in [4.69, 9.17) is 4.74 Å². The maximum atomic E-state index is 13.5. The van der Waals surface area contributed by atoms with Gasteiger partial charge in [0.1, 0.15) is 5.75 Å². The first-order valence-electron chi connectivity index (χ1n) is 5.72. The second-order valence-corrected chi connectivity index (χ2v) is 4.89. The minimum absolute atomic E-state index is 0.0985. The van der Waals surface area contributed by atoms with Gasteiger partial charge in [0.15, 0.2) is 17.5 Å². The SMILES string of the molecule is COc1ccc(Br)c(CNc2ccc(F)c(F)c2F)c1. The van der Waals surface area contributed by atoms with Gasteiger partial charge in [0.2, 0.25) is 0 Å². The van der Waals surface area contributed by atoms with Gasteiger partial charge in [-0.1, -0.05) is 15.9 Å². The quantitative estimate of drug-likeness (QED) is 0.824. The molecule has 0 spiro atoms. The molecular formula is C14H11BrF3NO. The van der Waals surface area contributed by atoms with Gasteiger partial charge in [-0.25, -0.2) is 13.2 Å². The van der Waals surface area contributed by atoms with Crippen LogP contribution in [0, 0.1) is 17.5 Å². The number of benzene rings is 2. The Balaban J connectivity index is 2.19. The standard InChI is InChI=1S/C14H11BrF3NO/c1-20-9-2-3-10(15)8(6-9)7-19-12-5-4-11(16)13(17)14(12)18/h2-6,19H,7H2,1H3. The normalized spacial score (nSPS) is 10.4. The van der Waals surface area contributed by atoms with Gasteiger partial charge >= 0.3 is 0 Å². The fourth-order valence-corrected chi connectivity index (χ4v) is 2.05. The van der Waals surface area contributed by atoms with Crippen molar-refractivity contribution in [2.24, 2.45) is 0 Å². The van der Waals surface area contributed by atoms with E-state index in [2.05, 4.69) is 21.2 Å². The van der Waals surface area contributed by atoms with Crippen LogP contribution in [-0.2, 0) is 6.54 Å². The Hall–Kier alpha value is -1.69.